The van der Waals surface area contributed by atoms with Crippen molar-refractivity contribution in [3.8, 4) is 11.5 Å². The van der Waals surface area contributed by atoms with Crippen molar-refractivity contribution in [3.05, 3.63) is 60.2 Å². The molecule has 0 aliphatic rings. The molecule has 0 aromatic heterocycles. The van der Waals surface area contributed by atoms with Crippen molar-refractivity contribution in [3.63, 3.8) is 0 Å². The molecule has 2 rings (SSSR count). The molecule has 0 saturated carbocycles. The maximum absolute atomic E-state index is 8.60. The Kier molecular flexibility index (Phi) is 7.35. The van der Waals surface area contributed by atoms with E-state index >= 15 is 0 Å². The standard InChI is InChI=1S/C16H18O3.Al.3H/c1-2-13(12-18-17)14-7-6-10-16(11-14)19-15-8-4-3-5-9-15;;;;/h3-11,13,17H,2,12H2,1H3;;;;. The minimum Gasteiger partial charge on any atom is -0.457 e. The molecule has 0 spiro atoms. The molecule has 0 saturated heterocycles. The lowest BCUT2D eigenvalue weighted by Crippen LogP contribution is -2.05. The van der Waals surface area contributed by atoms with Crippen LogP contribution in [-0.4, -0.2) is 29.2 Å². The summed E-state index contributed by atoms with van der Waals surface area (Å²) in [5, 5.41) is 8.60. The molecule has 1 atom stereocenters. The van der Waals surface area contributed by atoms with Gasteiger partial charge in [-0.25, -0.2) is 4.89 Å². The molecule has 2 aromatic rings. The second-order valence-electron chi connectivity index (χ2n) is 4.39. The van der Waals surface area contributed by atoms with E-state index in [0.717, 1.165) is 23.5 Å². The van der Waals surface area contributed by atoms with Gasteiger partial charge in [0.15, 0.2) is 17.4 Å². The van der Waals surface area contributed by atoms with E-state index in [1.54, 1.807) is 0 Å². The van der Waals surface area contributed by atoms with E-state index in [-0.39, 0.29) is 23.3 Å². The van der Waals surface area contributed by atoms with Crippen LogP contribution in [0.3, 0.4) is 0 Å². The van der Waals surface area contributed by atoms with Crippen molar-refractivity contribution in [2.45, 2.75) is 19.3 Å². The van der Waals surface area contributed by atoms with Crippen molar-refractivity contribution in [1.82, 2.24) is 0 Å². The van der Waals surface area contributed by atoms with Crippen molar-refractivity contribution in [2.75, 3.05) is 6.61 Å². The van der Waals surface area contributed by atoms with Crippen LogP contribution in [0.1, 0.15) is 24.8 Å². The van der Waals surface area contributed by atoms with Gasteiger partial charge in [0.05, 0.1) is 6.61 Å². The zero-order valence-electron chi connectivity index (χ0n) is 11.0. The Morgan fingerprint density at radius 1 is 1.00 bits per heavy atom. The van der Waals surface area contributed by atoms with Crippen LogP contribution in [0.25, 0.3) is 0 Å². The van der Waals surface area contributed by atoms with E-state index in [1.165, 1.54) is 0 Å². The molecule has 0 amide bonds. The maximum Gasteiger partial charge on any atom is 0.187 e. The Morgan fingerprint density at radius 2 is 1.70 bits per heavy atom. The topological polar surface area (TPSA) is 38.7 Å². The molecule has 3 nitrogen and oxygen atoms in total. The zero-order valence-corrected chi connectivity index (χ0v) is 11.0. The first-order chi connectivity index (χ1) is 9.33. The van der Waals surface area contributed by atoms with Gasteiger partial charge < -0.3 is 4.74 Å². The first-order valence-electron chi connectivity index (χ1n) is 6.42. The third kappa shape index (κ3) is 4.66. The number of para-hydroxylation sites is 1. The van der Waals surface area contributed by atoms with Crippen LogP contribution >= 0.6 is 0 Å². The summed E-state index contributed by atoms with van der Waals surface area (Å²) in [6.45, 7) is 2.36. The molecule has 0 fully saturated rings. The summed E-state index contributed by atoms with van der Waals surface area (Å²) in [4.78, 5) is 4.27. The van der Waals surface area contributed by atoms with Gasteiger partial charge in [0, 0.05) is 5.92 Å². The monoisotopic (exact) mass is 288 g/mol. The Balaban J connectivity index is 0.00000200. The molecular weight excluding hydrogens is 267 g/mol. The van der Waals surface area contributed by atoms with Gasteiger partial charge in [0.25, 0.3) is 0 Å². The maximum atomic E-state index is 8.60. The van der Waals surface area contributed by atoms with Gasteiger partial charge in [-0.05, 0) is 36.2 Å². The lowest BCUT2D eigenvalue weighted by molar-refractivity contribution is -0.245. The van der Waals surface area contributed by atoms with Crippen molar-refractivity contribution in [2.24, 2.45) is 0 Å². The van der Waals surface area contributed by atoms with Crippen LogP contribution in [0.4, 0.5) is 0 Å². The minimum atomic E-state index is 0. The van der Waals surface area contributed by atoms with E-state index in [9.17, 15) is 0 Å². The molecule has 2 aromatic carbocycles. The SMILES string of the molecule is CCC(COO)c1cccc(Oc2ccccc2)c1.[AlH3]. The number of hydrogen-bond donors (Lipinski definition) is 1. The molecule has 0 heterocycles. The third-order valence-corrected chi connectivity index (χ3v) is 3.08. The van der Waals surface area contributed by atoms with E-state index in [2.05, 4.69) is 11.8 Å². The summed E-state index contributed by atoms with van der Waals surface area (Å²) in [6, 6.07) is 17.5. The highest BCUT2D eigenvalue weighted by molar-refractivity contribution is 5.75. The molecule has 0 radical (unpaired) electrons. The van der Waals surface area contributed by atoms with Gasteiger partial charge in [0.2, 0.25) is 0 Å². The normalized spacial score (nSPS) is 11.5. The number of benzene rings is 2. The highest BCUT2D eigenvalue weighted by Crippen LogP contribution is 2.26. The fourth-order valence-corrected chi connectivity index (χ4v) is 2.00. The summed E-state index contributed by atoms with van der Waals surface area (Å²) in [6.07, 6.45) is 0.898. The van der Waals surface area contributed by atoms with Crippen molar-refractivity contribution >= 4 is 17.4 Å². The fraction of sp³-hybridized carbons (Fsp3) is 0.250. The number of rotatable bonds is 6. The van der Waals surface area contributed by atoms with Crippen molar-refractivity contribution < 1.29 is 14.9 Å². The van der Waals surface area contributed by atoms with Crippen LogP contribution in [0.2, 0.25) is 0 Å². The van der Waals surface area contributed by atoms with Crippen LogP contribution in [-0.2, 0) is 4.89 Å². The summed E-state index contributed by atoms with van der Waals surface area (Å²) in [5.74, 6) is 1.77. The molecule has 20 heavy (non-hydrogen) atoms. The molecule has 4 heteroatoms. The van der Waals surface area contributed by atoms with Gasteiger partial charge in [-0.3, -0.25) is 5.26 Å². The average Bonchev–Trinajstić information content (AvgIpc) is 2.46. The highest BCUT2D eigenvalue weighted by Gasteiger charge is 2.10. The molecule has 0 aliphatic carbocycles. The van der Waals surface area contributed by atoms with Gasteiger partial charge >= 0.3 is 0 Å². The lowest BCUT2D eigenvalue weighted by atomic mass is 9.97. The third-order valence-electron chi connectivity index (χ3n) is 3.08. The fourth-order valence-electron chi connectivity index (χ4n) is 2.00. The molecule has 0 bridgehead atoms. The van der Waals surface area contributed by atoms with Gasteiger partial charge in [-0.2, -0.15) is 0 Å². The predicted octanol–water partition coefficient (Wildman–Crippen LogP) is 3.28. The van der Waals surface area contributed by atoms with Crippen LogP contribution in [0, 0.1) is 0 Å². The van der Waals surface area contributed by atoms with E-state index in [1.807, 2.05) is 54.6 Å². The Bertz CT molecular complexity index is 502. The highest BCUT2D eigenvalue weighted by atomic mass is 27.0. The van der Waals surface area contributed by atoms with Gasteiger partial charge in [-0.15, -0.1) is 0 Å². The Labute approximate surface area is 130 Å². The van der Waals surface area contributed by atoms with Crippen LogP contribution < -0.4 is 4.74 Å². The Morgan fingerprint density at radius 3 is 2.35 bits per heavy atom. The van der Waals surface area contributed by atoms with E-state index in [0.29, 0.717) is 6.61 Å². The predicted molar refractivity (Wildman–Crippen MR) is 84.5 cm³/mol. The minimum absolute atomic E-state index is 0. The largest absolute Gasteiger partial charge is 0.457 e. The van der Waals surface area contributed by atoms with E-state index < -0.39 is 0 Å². The van der Waals surface area contributed by atoms with Gasteiger partial charge in [-0.1, -0.05) is 37.3 Å². The summed E-state index contributed by atoms with van der Waals surface area (Å²) >= 11 is 0. The molecular formula is C16H21AlO3. The van der Waals surface area contributed by atoms with Gasteiger partial charge in [0.1, 0.15) is 11.5 Å². The zero-order chi connectivity index (χ0) is 13.5. The first kappa shape index (κ1) is 16.7. The Hall–Kier alpha value is -1.31. The quantitative estimate of drug-likeness (QED) is 0.503. The van der Waals surface area contributed by atoms with Crippen molar-refractivity contribution in [1.29, 1.82) is 0 Å². The smallest absolute Gasteiger partial charge is 0.187 e. The average molecular weight is 288 g/mol. The van der Waals surface area contributed by atoms with E-state index in [4.69, 9.17) is 9.99 Å². The summed E-state index contributed by atoms with van der Waals surface area (Å²) in [7, 11) is 0. The number of hydrogen-bond acceptors (Lipinski definition) is 3. The second kappa shape index (κ2) is 8.78. The molecule has 0 aliphatic heterocycles. The summed E-state index contributed by atoms with van der Waals surface area (Å²) < 4.78 is 5.79. The van der Waals surface area contributed by atoms with Crippen LogP contribution in [0.15, 0.2) is 54.6 Å². The number of ether oxygens (including phenoxy) is 1. The second-order valence-corrected chi connectivity index (χ2v) is 4.39. The lowest BCUT2D eigenvalue weighted by Gasteiger charge is -2.14. The molecule has 1 N–H and O–H groups in total. The summed E-state index contributed by atoms with van der Waals surface area (Å²) in [5.41, 5.74) is 1.10. The molecule has 1 unspecified atom stereocenters. The first-order valence-corrected chi connectivity index (χ1v) is 6.42. The molecule has 106 valence electrons. The van der Waals surface area contributed by atoms with Crippen LogP contribution in [0.5, 0.6) is 11.5 Å².